The van der Waals surface area contributed by atoms with Crippen LogP contribution in [0, 0.1) is 23.2 Å². The number of nitrogens with one attached hydrogen (secondary N) is 1. The molecule has 1 aromatic rings. The predicted octanol–water partition coefficient (Wildman–Crippen LogP) is 5.13. The smallest absolute Gasteiger partial charge is 0.328 e. The van der Waals surface area contributed by atoms with Crippen molar-refractivity contribution >= 4 is 46.4 Å². The lowest BCUT2D eigenvalue weighted by Gasteiger charge is -2.39. The molecule has 2 N–H and O–H groups in total. The zero-order chi connectivity index (χ0) is 43.8. The van der Waals surface area contributed by atoms with Gasteiger partial charge in [0.05, 0.1) is 24.3 Å². The second-order valence-corrected chi connectivity index (χ2v) is 18.6. The lowest BCUT2D eigenvalue weighted by molar-refractivity contribution is -0.166. The van der Waals surface area contributed by atoms with E-state index >= 15 is 0 Å². The van der Waals surface area contributed by atoms with Gasteiger partial charge in [-0.2, -0.15) is 0 Å². The van der Waals surface area contributed by atoms with E-state index in [9.17, 15) is 29.1 Å². The molecule has 0 saturated heterocycles. The zero-order valence-electron chi connectivity index (χ0n) is 37.2. The van der Waals surface area contributed by atoms with E-state index in [1.54, 1.807) is 64.9 Å². The predicted molar refractivity (Wildman–Crippen MR) is 229 cm³/mol. The fourth-order valence-electron chi connectivity index (χ4n) is 7.24. The summed E-state index contributed by atoms with van der Waals surface area (Å²) >= 11 is 1.55. The van der Waals surface area contributed by atoms with Gasteiger partial charge in [0, 0.05) is 44.8 Å². The zero-order valence-corrected chi connectivity index (χ0v) is 38.0. The second kappa shape index (κ2) is 20.9. The summed E-state index contributed by atoms with van der Waals surface area (Å²) in [7, 11) is 6.16. The first kappa shape index (κ1) is 48.5. The summed E-state index contributed by atoms with van der Waals surface area (Å²) in [6, 6.07) is 2.92. The molecule has 3 rings (SSSR count). The highest BCUT2D eigenvalue weighted by molar-refractivity contribution is 8.14. The number of benzene rings is 1. The second-order valence-electron chi connectivity index (χ2n) is 17.5. The maximum atomic E-state index is 14.3. The van der Waals surface area contributed by atoms with Crippen LogP contribution in [-0.4, -0.2) is 131 Å². The van der Waals surface area contributed by atoms with Gasteiger partial charge in [0.15, 0.2) is 0 Å². The topological polar surface area (TPSA) is 158 Å². The first-order valence-corrected chi connectivity index (χ1v) is 21.5. The molecular weight excluding hydrogens is 759 g/mol. The molecule has 0 radical (unpaired) electrons. The molecule has 0 saturated carbocycles. The molecule has 2 aliphatic rings. The van der Waals surface area contributed by atoms with Gasteiger partial charge in [-0.1, -0.05) is 73.1 Å². The first-order chi connectivity index (χ1) is 27.0. The number of carbonyl (C=O) groups is 5. The van der Waals surface area contributed by atoms with Crippen molar-refractivity contribution in [2.75, 3.05) is 34.0 Å². The number of aliphatic hydroxyl groups excluding tert-OH is 1. The van der Waals surface area contributed by atoms with Gasteiger partial charge in [0.1, 0.15) is 36.0 Å². The Morgan fingerprint density at radius 3 is 2.10 bits per heavy atom. The number of ether oxygens (including phenoxy) is 2. The van der Waals surface area contributed by atoms with Crippen LogP contribution in [0.4, 0.5) is 0 Å². The number of hydrogen-bond acceptors (Lipinski definition) is 10. The summed E-state index contributed by atoms with van der Waals surface area (Å²) in [4.78, 5) is 79.3. The number of thioether (sulfide) groups is 1. The van der Waals surface area contributed by atoms with E-state index in [1.807, 2.05) is 60.6 Å². The van der Waals surface area contributed by atoms with Gasteiger partial charge in [-0.3, -0.25) is 24.2 Å². The number of hydrogen-bond donors (Lipinski definition) is 2. The van der Waals surface area contributed by atoms with Crippen LogP contribution in [0.3, 0.4) is 0 Å². The molecule has 10 atom stereocenters. The Morgan fingerprint density at radius 1 is 0.931 bits per heavy atom. The number of likely N-dealkylation sites (N-methyl/N-ethyl adjacent to an activating group) is 3. The fourth-order valence-corrected chi connectivity index (χ4v) is 8.38. The van der Waals surface area contributed by atoms with Crippen molar-refractivity contribution in [1.82, 2.24) is 20.0 Å². The van der Waals surface area contributed by atoms with Crippen molar-refractivity contribution in [3.8, 4) is 5.75 Å². The van der Waals surface area contributed by atoms with Gasteiger partial charge in [-0.05, 0) is 68.6 Å². The lowest BCUT2D eigenvalue weighted by Crippen LogP contribution is -2.59. The number of fused-ring (bicyclic) bond motifs is 1. The summed E-state index contributed by atoms with van der Waals surface area (Å²) in [5.41, 5.74) is 0.726. The SMILES string of the molecule is CC[C@H](C)[C@H]1C(=O)N(C)[C@@H](C)C(=O)O[C@H](C(C)(C)C)C[C@@H](C)C[C@H](O)[C@H](C)C2=N[C@H](/C=C(/C)C(=O)N[C@@H](Cc3ccc(OC)cc3)C(=O)N(C)[C@@H](C)C(=O)N1C)CS2. The summed E-state index contributed by atoms with van der Waals surface area (Å²) in [6.45, 7) is 18.7. The third-order valence-corrected chi connectivity index (χ3v) is 13.2. The van der Waals surface area contributed by atoms with Crippen molar-refractivity contribution in [2.24, 2.45) is 28.2 Å². The van der Waals surface area contributed by atoms with Crippen LogP contribution in [0.25, 0.3) is 0 Å². The fraction of sp³-hybridized carbons (Fsp3) is 0.682. The maximum absolute atomic E-state index is 14.3. The molecule has 58 heavy (non-hydrogen) atoms. The maximum Gasteiger partial charge on any atom is 0.328 e. The molecular formula is C44H69N5O8S. The molecule has 324 valence electrons. The van der Waals surface area contributed by atoms with Crippen LogP contribution in [-0.2, 0) is 35.1 Å². The number of rotatable bonds is 5. The first-order valence-electron chi connectivity index (χ1n) is 20.5. The summed E-state index contributed by atoms with van der Waals surface area (Å²) in [6.07, 6.45) is 2.23. The Hall–Kier alpha value is -3.91. The molecule has 14 heteroatoms. The van der Waals surface area contributed by atoms with E-state index in [-0.39, 0.29) is 30.2 Å². The molecule has 13 nitrogen and oxygen atoms in total. The molecule has 0 aromatic heterocycles. The van der Waals surface area contributed by atoms with E-state index in [0.717, 1.165) is 10.6 Å². The number of amides is 4. The average Bonchev–Trinajstić information content (AvgIpc) is 3.65. The highest BCUT2D eigenvalue weighted by Gasteiger charge is 2.41. The van der Waals surface area contributed by atoms with Crippen molar-refractivity contribution in [3.63, 3.8) is 0 Å². The normalized spacial score (nSPS) is 31.1. The van der Waals surface area contributed by atoms with Gasteiger partial charge in [-0.15, -0.1) is 11.8 Å². The summed E-state index contributed by atoms with van der Waals surface area (Å²) < 4.78 is 11.5. The minimum absolute atomic E-state index is 0.0182. The molecule has 4 amide bonds. The number of esters is 1. The van der Waals surface area contributed by atoms with Crippen LogP contribution in [0.2, 0.25) is 0 Å². The largest absolute Gasteiger partial charge is 0.497 e. The number of aliphatic hydroxyl groups is 1. The number of carbonyl (C=O) groups excluding carboxylic acids is 5. The molecule has 1 aromatic carbocycles. The Morgan fingerprint density at radius 2 is 1.53 bits per heavy atom. The molecule has 0 aliphatic carbocycles. The van der Waals surface area contributed by atoms with Crippen LogP contribution in [0.5, 0.6) is 5.75 Å². The van der Waals surface area contributed by atoms with Crippen molar-refractivity contribution in [3.05, 3.63) is 41.5 Å². The average molecular weight is 828 g/mol. The minimum atomic E-state index is -1.04. The molecule has 0 fully saturated rings. The number of cyclic esters (lactones) is 1. The molecule has 0 spiro atoms. The minimum Gasteiger partial charge on any atom is -0.497 e. The third-order valence-electron chi connectivity index (χ3n) is 11.9. The van der Waals surface area contributed by atoms with Crippen molar-refractivity contribution < 1.29 is 38.6 Å². The quantitative estimate of drug-likeness (QED) is 0.384. The molecule has 0 unspecified atom stereocenters. The van der Waals surface area contributed by atoms with Crippen molar-refractivity contribution in [2.45, 2.75) is 137 Å². The third kappa shape index (κ3) is 12.3. The van der Waals surface area contributed by atoms with E-state index in [4.69, 9.17) is 14.5 Å². The Balaban J connectivity index is 2.08. The highest BCUT2D eigenvalue weighted by atomic mass is 32.2. The van der Waals surface area contributed by atoms with Gasteiger partial charge in [0.25, 0.3) is 0 Å². The van der Waals surface area contributed by atoms with Gasteiger partial charge in [-0.25, -0.2) is 4.79 Å². The van der Waals surface area contributed by atoms with Gasteiger partial charge < -0.3 is 34.6 Å². The monoisotopic (exact) mass is 827 g/mol. The Kier molecular flexibility index (Phi) is 17.4. The van der Waals surface area contributed by atoms with Crippen LogP contribution < -0.4 is 10.1 Å². The van der Waals surface area contributed by atoms with Crippen LogP contribution >= 0.6 is 11.8 Å². The van der Waals surface area contributed by atoms with E-state index in [2.05, 4.69) is 5.32 Å². The Bertz CT molecular complexity index is 1680. The van der Waals surface area contributed by atoms with E-state index in [1.165, 1.54) is 28.8 Å². The van der Waals surface area contributed by atoms with E-state index in [0.29, 0.717) is 36.3 Å². The number of methoxy groups -OCH3 is 1. The van der Waals surface area contributed by atoms with Gasteiger partial charge in [0.2, 0.25) is 23.6 Å². The standard InChI is InChI=1S/C44H69N5O8S/c1-15-26(3)37-42(54)48(12)30(7)43(55)57-36(44(8,9)10)21-25(2)20-35(50)28(5)39-45-32(24-58-39)22-27(4)38(51)46-34(23-31-16-18-33(56-14)19-17-31)41(53)47(11)29(6)40(52)49(37)13/h16-19,22,25-26,28-30,32,34-37,50H,15,20-21,23-24H2,1-14H3,(H,46,51)/b27-22-/t25-,26-,28-,29-,30-,32+,34-,35-,36-,37-/m0/s1. The molecule has 2 heterocycles. The molecule has 2 aliphatic heterocycles. The van der Waals surface area contributed by atoms with E-state index < -0.39 is 71.4 Å². The number of nitrogens with zero attached hydrogens (tertiary/aromatic N) is 4. The highest BCUT2D eigenvalue weighted by Crippen LogP contribution is 2.33. The Labute approximate surface area is 350 Å². The van der Waals surface area contributed by atoms with Crippen molar-refractivity contribution in [1.29, 1.82) is 0 Å². The molecule has 2 bridgehead atoms. The van der Waals surface area contributed by atoms with Crippen LogP contribution in [0.15, 0.2) is 40.9 Å². The van der Waals surface area contributed by atoms with Gasteiger partial charge >= 0.3 is 5.97 Å². The lowest BCUT2D eigenvalue weighted by atomic mass is 9.81. The summed E-state index contributed by atoms with van der Waals surface area (Å²) in [5, 5.41) is 15.1. The number of aliphatic imine (C=N–C) groups is 1. The van der Waals surface area contributed by atoms with Crippen LogP contribution in [0.1, 0.15) is 94.1 Å². The summed E-state index contributed by atoms with van der Waals surface area (Å²) in [5.74, 6) is -1.72.